The fraction of sp³-hybridized carbons (Fsp3) is 0.467. The number of rotatable bonds is 1. The van der Waals surface area contributed by atoms with Crippen LogP contribution in [0.2, 0.25) is 0 Å². The Morgan fingerprint density at radius 3 is 2.38 bits per heavy atom. The lowest BCUT2D eigenvalue weighted by atomic mass is 9.92. The molecule has 0 atom stereocenters. The van der Waals surface area contributed by atoms with Crippen LogP contribution in [0.25, 0.3) is 10.9 Å². The third-order valence-electron chi connectivity index (χ3n) is 3.28. The molecule has 16 heavy (non-hydrogen) atoms. The lowest BCUT2D eigenvalue weighted by molar-refractivity contribution is 0.547. The molecular formula is C15H21N. The molecule has 0 saturated carbocycles. The molecule has 0 radical (unpaired) electrons. The number of nitrogens with zero attached hydrogens (tertiary/aromatic N) is 1. The van der Waals surface area contributed by atoms with Gasteiger partial charge in [-0.25, -0.2) is 0 Å². The van der Waals surface area contributed by atoms with Crippen molar-refractivity contribution in [2.45, 2.75) is 39.5 Å². The van der Waals surface area contributed by atoms with Gasteiger partial charge in [0.1, 0.15) is 0 Å². The van der Waals surface area contributed by atoms with E-state index in [9.17, 15) is 0 Å². The first-order chi connectivity index (χ1) is 7.43. The van der Waals surface area contributed by atoms with Crippen LogP contribution in [0.15, 0.2) is 24.3 Å². The van der Waals surface area contributed by atoms with E-state index < -0.39 is 0 Å². The summed E-state index contributed by atoms with van der Waals surface area (Å²) in [6, 6.07) is 9.11. The zero-order valence-electron chi connectivity index (χ0n) is 11.0. The third-order valence-corrected chi connectivity index (χ3v) is 3.28. The molecule has 2 aromatic rings. The van der Waals surface area contributed by atoms with Crippen molar-refractivity contribution in [1.82, 2.24) is 4.57 Å². The SMILES string of the molecule is CCc1ccc2c(c1)cc(C(C)(C)C)n2C. The van der Waals surface area contributed by atoms with E-state index in [1.807, 2.05) is 0 Å². The van der Waals surface area contributed by atoms with E-state index in [1.165, 1.54) is 22.2 Å². The Kier molecular flexibility index (Phi) is 2.57. The minimum atomic E-state index is 0.208. The van der Waals surface area contributed by atoms with Crippen molar-refractivity contribution in [3.05, 3.63) is 35.5 Å². The van der Waals surface area contributed by atoms with Gasteiger partial charge < -0.3 is 4.57 Å². The topological polar surface area (TPSA) is 4.93 Å². The number of aryl methyl sites for hydroxylation is 2. The van der Waals surface area contributed by atoms with E-state index in [-0.39, 0.29) is 5.41 Å². The van der Waals surface area contributed by atoms with Crippen molar-refractivity contribution >= 4 is 10.9 Å². The van der Waals surface area contributed by atoms with Gasteiger partial charge in [-0.3, -0.25) is 0 Å². The van der Waals surface area contributed by atoms with Gasteiger partial charge in [0.25, 0.3) is 0 Å². The quantitative estimate of drug-likeness (QED) is 0.676. The van der Waals surface area contributed by atoms with Crippen molar-refractivity contribution < 1.29 is 0 Å². The minimum absolute atomic E-state index is 0.208. The van der Waals surface area contributed by atoms with E-state index in [0.717, 1.165) is 6.42 Å². The average Bonchev–Trinajstić information content (AvgIpc) is 2.55. The standard InChI is InChI=1S/C15H21N/c1-6-11-7-8-13-12(9-11)10-14(16(13)5)15(2,3)4/h7-10H,6H2,1-5H3. The molecule has 1 aromatic heterocycles. The van der Waals surface area contributed by atoms with Crippen LogP contribution in [0.1, 0.15) is 39.0 Å². The molecule has 1 heterocycles. The number of hydrogen-bond donors (Lipinski definition) is 0. The molecule has 0 aliphatic heterocycles. The maximum Gasteiger partial charge on any atom is 0.0480 e. The summed E-state index contributed by atoms with van der Waals surface area (Å²) in [4.78, 5) is 0. The van der Waals surface area contributed by atoms with E-state index in [4.69, 9.17) is 0 Å². The monoisotopic (exact) mass is 215 g/mol. The van der Waals surface area contributed by atoms with Crippen molar-refractivity contribution in [3.63, 3.8) is 0 Å². The summed E-state index contributed by atoms with van der Waals surface area (Å²) in [6.45, 7) is 9.00. The van der Waals surface area contributed by atoms with Crippen LogP contribution in [-0.2, 0) is 18.9 Å². The molecule has 0 N–H and O–H groups in total. The summed E-state index contributed by atoms with van der Waals surface area (Å²) in [5.74, 6) is 0. The van der Waals surface area contributed by atoms with Gasteiger partial charge in [0.15, 0.2) is 0 Å². The molecule has 1 aromatic carbocycles. The molecule has 0 unspecified atom stereocenters. The van der Waals surface area contributed by atoms with Gasteiger partial charge in [-0.2, -0.15) is 0 Å². The first kappa shape index (κ1) is 11.3. The van der Waals surface area contributed by atoms with Crippen molar-refractivity contribution in [2.75, 3.05) is 0 Å². The van der Waals surface area contributed by atoms with E-state index in [0.29, 0.717) is 0 Å². The maximum atomic E-state index is 2.33. The second-order valence-electron chi connectivity index (χ2n) is 5.59. The highest BCUT2D eigenvalue weighted by atomic mass is 15.0. The summed E-state index contributed by atoms with van der Waals surface area (Å²) in [6.07, 6.45) is 1.11. The van der Waals surface area contributed by atoms with E-state index in [1.54, 1.807) is 0 Å². The largest absolute Gasteiger partial charge is 0.347 e. The minimum Gasteiger partial charge on any atom is -0.347 e. The molecule has 86 valence electrons. The van der Waals surface area contributed by atoms with Gasteiger partial charge in [-0.1, -0.05) is 33.8 Å². The second-order valence-corrected chi connectivity index (χ2v) is 5.59. The molecule has 1 nitrogen and oxygen atoms in total. The van der Waals surface area contributed by atoms with E-state index in [2.05, 4.69) is 63.6 Å². The predicted molar refractivity (Wildman–Crippen MR) is 71.0 cm³/mol. The first-order valence-corrected chi connectivity index (χ1v) is 6.02. The van der Waals surface area contributed by atoms with Gasteiger partial charge in [-0.05, 0) is 30.2 Å². The molecule has 0 spiro atoms. The van der Waals surface area contributed by atoms with Crippen LogP contribution >= 0.6 is 0 Å². The number of benzene rings is 1. The lowest BCUT2D eigenvalue weighted by Crippen LogP contribution is -2.15. The Hall–Kier alpha value is -1.24. The Morgan fingerprint density at radius 1 is 1.12 bits per heavy atom. The molecule has 0 saturated heterocycles. The van der Waals surface area contributed by atoms with Crippen LogP contribution in [0.3, 0.4) is 0 Å². The molecule has 0 aliphatic carbocycles. The number of aromatic nitrogens is 1. The first-order valence-electron chi connectivity index (χ1n) is 6.02. The number of hydrogen-bond acceptors (Lipinski definition) is 0. The summed E-state index contributed by atoms with van der Waals surface area (Å²) < 4.78 is 2.31. The van der Waals surface area contributed by atoms with Gasteiger partial charge >= 0.3 is 0 Å². The third kappa shape index (κ3) is 1.75. The van der Waals surface area contributed by atoms with Crippen LogP contribution in [0.4, 0.5) is 0 Å². The molecule has 0 fully saturated rings. The average molecular weight is 215 g/mol. The summed E-state index contributed by atoms with van der Waals surface area (Å²) in [5, 5.41) is 1.37. The fourth-order valence-electron chi connectivity index (χ4n) is 2.34. The smallest absolute Gasteiger partial charge is 0.0480 e. The molecule has 0 bridgehead atoms. The van der Waals surface area contributed by atoms with Gasteiger partial charge in [0.2, 0.25) is 0 Å². The maximum absolute atomic E-state index is 2.33. The van der Waals surface area contributed by atoms with Crippen LogP contribution in [0.5, 0.6) is 0 Å². The summed E-state index contributed by atoms with van der Waals surface area (Å²) in [5.41, 5.74) is 4.36. The predicted octanol–water partition coefficient (Wildman–Crippen LogP) is 4.04. The summed E-state index contributed by atoms with van der Waals surface area (Å²) in [7, 11) is 2.16. The Balaban J connectivity index is 2.68. The zero-order chi connectivity index (χ0) is 11.9. The second kappa shape index (κ2) is 3.65. The highest BCUT2D eigenvalue weighted by Gasteiger charge is 2.18. The Morgan fingerprint density at radius 2 is 1.81 bits per heavy atom. The number of fused-ring (bicyclic) bond motifs is 1. The molecule has 0 aliphatic rings. The van der Waals surface area contributed by atoms with Crippen LogP contribution in [0, 0.1) is 0 Å². The van der Waals surface area contributed by atoms with Gasteiger partial charge in [0, 0.05) is 29.1 Å². The normalized spacial score (nSPS) is 12.3. The highest BCUT2D eigenvalue weighted by molar-refractivity contribution is 5.82. The van der Waals surface area contributed by atoms with Crippen LogP contribution < -0.4 is 0 Å². The fourth-order valence-corrected chi connectivity index (χ4v) is 2.34. The molecule has 2 rings (SSSR count). The summed E-state index contributed by atoms with van der Waals surface area (Å²) >= 11 is 0. The zero-order valence-corrected chi connectivity index (χ0v) is 11.0. The molecule has 0 amide bonds. The Labute approximate surface area is 98.1 Å². The van der Waals surface area contributed by atoms with Crippen molar-refractivity contribution in [1.29, 1.82) is 0 Å². The van der Waals surface area contributed by atoms with Crippen molar-refractivity contribution in [3.8, 4) is 0 Å². The molecule has 1 heteroatoms. The molecular weight excluding hydrogens is 194 g/mol. The Bertz CT molecular complexity index is 512. The van der Waals surface area contributed by atoms with Crippen LogP contribution in [-0.4, -0.2) is 4.57 Å². The van der Waals surface area contributed by atoms with E-state index >= 15 is 0 Å². The highest BCUT2D eigenvalue weighted by Crippen LogP contribution is 2.29. The lowest BCUT2D eigenvalue weighted by Gasteiger charge is -2.19. The van der Waals surface area contributed by atoms with Gasteiger partial charge in [-0.15, -0.1) is 0 Å². The van der Waals surface area contributed by atoms with Gasteiger partial charge in [0.05, 0.1) is 0 Å². The van der Waals surface area contributed by atoms with Crippen molar-refractivity contribution in [2.24, 2.45) is 7.05 Å².